The lowest BCUT2D eigenvalue weighted by Gasteiger charge is -2.40. The van der Waals surface area contributed by atoms with Gasteiger partial charge in [0, 0.05) is 19.3 Å². The maximum absolute atomic E-state index is 6.00. The molecule has 1 atom stereocenters. The first-order chi connectivity index (χ1) is 8.57. The molecule has 2 rings (SSSR count). The first kappa shape index (κ1) is 13.6. The molecule has 4 heteroatoms. The number of nitrogens with two attached hydrogens (primary N) is 1. The lowest BCUT2D eigenvalue weighted by Crippen LogP contribution is -2.42. The molecule has 0 bridgehead atoms. The Bertz CT molecular complexity index is 373. The number of nitrogens with zero attached hydrogens (tertiary/aromatic N) is 3. The van der Waals surface area contributed by atoms with E-state index in [1.165, 1.54) is 18.5 Å². The molecule has 0 aliphatic carbocycles. The predicted molar refractivity (Wildman–Crippen MR) is 74.3 cm³/mol. The van der Waals surface area contributed by atoms with Crippen LogP contribution in [0.25, 0.3) is 0 Å². The molecule has 2 N–H and O–H groups in total. The Hall–Kier alpha value is -0.870. The molecule has 1 unspecified atom stereocenters. The third-order valence-electron chi connectivity index (χ3n) is 4.24. The molecule has 102 valence electrons. The number of hydrogen-bond acceptors (Lipinski definition) is 3. The van der Waals surface area contributed by atoms with Crippen molar-refractivity contribution < 1.29 is 0 Å². The fourth-order valence-corrected chi connectivity index (χ4v) is 2.77. The van der Waals surface area contributed by atoms with Crippen LogP contribution in [0.5, 0.6) is 0 Å². The molecule has 1 aromatic heterocycles. The van der Waals surface area contributed by atoms with E-state index in [1.54, 1.807) is 0 Å². The predicted octanol–water partition coefficient (Wildman–Crippen LogP) is 2.02. The number of aromatic nitrogens is 2. The molecule has 0 amide bonds. The molecule has 0 spiro atoms. The number of rotatable bonds is 4. The van der Waals surface area contributed by atoms with Crippen molar-refractivity contribution in [2.45, 2.75) is 46.2 Å². The maximum Gasteiger partial charge on any atom is 0.0948 e. The van der Waals surface area contributed by atoms with E-state index in [-0.39, 0.29) is 0 Å². The highest BCUT2D eigenvalue weighted by Crippen LogP contribution is 2.33. The zero-order valence-electron chi connectivity index (χ0n) is 11.9. The van der Waals surface area contributed by atoms with Crippen LogP contribution in [0.3, 0.4) is 0 Å². The van der Waals surface area contributed by atoms with Crippen molar-refractivity contribution in [2.75, 3.05) is 19.6 Å². The summed E-state index contributed by atoms with van der Waals surface area (Å²) in [4.78, 5) is 6.79. The van der Waals surface area contributed by atoms with E-state index >= 15 is 0 Å². The van der Waals surface area contributed by atoms with E-state index in [1.807, 2.05) is 12.5 Å². The van der Waals surface area contributed by atoms with E-state index in [0.717, 1.165) is 19.6 Å². The number of aryl methyl sites for hydroxylation is 1. The molecule has 4 nitrogen and oxygen atoms in total. The molecule has 0 aromatic carbocycles. The van der Waals surface area contributed by atoms with E-state index in [4.69, 9.17) is 5.73 Å². The van der Waals surface area contributed by atoms with Gasteiger partial charge < -0.3 is 10.3 Å². The van der Waals surface area contributed by atoms with Gasteiger partial charge in [0.2, 0.25) is 0 Å². The van der Waals surface area contributed by atoms with Gasteiger partial charge in [-0.3, -0.25) is 4.90 Å². The van der Waals surface area contributed by atoms with Crippen LogP contribution >= 0.6 is 0 Å². The minimum absolute atomic E-state index is 0.323. The number of piperidine rings is 1. The van der Waals surface area contributed by atoms with Gasteiger partial charge in [-0.1, -0.05) is 13.8 Å². The fourth-order valence-electron chi connectivity index (χ4n) is 2.77. The van der Waals surface area contributed by atoms with Gasteiger partial charge >= 0.3 is 0 Å². The van der Waals surface area contributed by atoms with Crippen LogP contribution in [0.4, 0.5) is 0 Å². The highest BCUT2D eigenvalue weighted by molar-refractivity contribution is 5.07. The van der Waals surface area contributed by atoms with Crippen molar-refractivity contribution in [3.8, 4) is 0 Å². The van der Waals surface area contributed by atoms with Crippen molar-refractivity contribution in [3.05, 3.63) is 18.2 Å². The van der Waals surface area contributed by atoms with Gasteiger partial charge in [-0.2, -0.15) is 0 Å². The monoisotopic (exact) mass is 250 g/mol. The van der Waals surface area contributed by atoms with Crippen LogP contribution in [0.2, 0.25) is 0 Å². The summed E-state index contributed by atoms with van der Waals surface area (Å²) in [6, 6.07) is 0.323. The first-order valence-corrected chi connectivity index (χ1v) is 7.01. The van der Waals surface area contributed by atoms with Crippen LogP contribution in [-0.2, 0) is 6.54 Å². The summed E-state index contributed by atoms with van der Waals surface area (Å²) >= 11 is 0. The Morgan fingerprint density at radius 3 is 2.61 bits per heavy atom. The molecule has 1 saturated heterocycles. The smallest absolute Gasteiger partial charge is 0.0948 e. The van der Waals surface area contributed by atoms with Crippen molar-refractivity contribution in [2.24, 2.45) is 11.1 Å². The third-order valence-corrected chi connectivity index (χ3v) is 4.24. The van der Waals surface area contributed by atoms with E-state index in [2.05, 4.69) is 35.2 Å². The molecular formula is C14H26N4. The zero-order chi connectivity index (χ0) is 13.2. The lowest BCUT2D eigenvalue weighted by atomic mass is 9.82. The first-order valence-electron chi connectivity index (χ1n) is 7.01. The number of imidazole rings is 1. The minimum Gasteiger partial charge on any atom is -0.333 e. The highest BCUT2D eigenvalue weighted by Gasteiger charge is 2.30. The Morgan fingerprint density at radius 1 is 1.39 bits per heavy atom. The quantitative estimate of drug-likeness (QED) is 0.889. The van der Waals surface area contributed by atoms with Crippen molar-refractivity contribution in [3.63, 3.8) is 0 Å². The van der Waals surface area contributed by atoms with Crippen LogP contribution in [0, 0.1) is 5.41 Å². The van der Waals surface area contributed by atoms with Crippen LogP contribution in [-0.4, -0.2) is 34.1 Å². The number of likely N-dealkylation sites (tertiary alicyclic amines) is 1. The Morgan fingerprint density at radius 2 is 2.06 bits per heavy atom. The fraction of sp³-hybridized carbons (Fsp3) is 0.786. The molecule has 1 aliphatic heterocycles. The molecule has 18 heavy (non-hydrogen) atoms. The largest absolute Gasteiger partial charge is 0.333 e. The van der Waals surface area contributed by atoms with Crippen LogP contribution in [0.1, 0.15) is 45.3 Å². The SMILES string of the molecule is CCn1cncc1C(CN)N1CCC(C)(C)CC1. The van der Waals surface area contributed by atoms with E-state index < -0.39 is 0 Å². The average molecular weight is 250 g/mol. The summed E-state index contributed by atoms with van der Waals surface area (Å²) < 4.78 is 2.21. The third kappa shape index (κ3) is 2.75. The number of hydrogen-bond donors (Lipinski definition) is 1. The van der Waals surface area contributed by atoms with Crippen LogP contribution < -0.4 is 5.73 Å². The summed E-state index contributed by atoms with van der Waals surface area (Å²) in [5, 5.41) is 0. The van der Waals surface area contributed by atoms with Crippen LogP contribution in [0.15, 0.2) is 12.5 Å². The summed E-state index contributed by atoms with van der Waals surface area (Å²) in [5.41, 5.74) is 7.75. The second-order valence-electron chi connectivity index (χ2n) is 6.06. The van der Waals surface area contributed by atoms with Crippen molar-refractivity contribution in [1.29, 1.82) is 0 Å². The van der Waals surface area contributed by atoms with E-state index in [0.29, 0.717) is 18.0 Å². The Kier molecular flexibility index (Phi) is 4.07. The molecule has 1 aromatic rings. The van der Waals surface area contributed by atoms with Gasteiger partial charge in [-0.25, -0.2) is 4.98 Å². The summed E-state index contributed by atoms with van der Waals surface area (Å²) in [5.74, 6) is 0. The maximum atomic E-state index is 6.00. The van der Waals surface area contributed by atoms with Gasteiger partial charge in [-0.15, -0.1) is 0 Å². The minimum atomic E-state index is 0.323. The second kappa shape index (κ2) is 5.41. The highest BCUT2D eigenvalue weighted by atomic mass is 15.2. The summed E-state index contributed by atoms with van der Waals surface area (Å²) in [6.07, 6.45) is 6.39. The second-order valence-corrected chi connectivity index (χ2v) is 6.06. The molecule has 0 saturated carbocycles. The molecular weight excluding hydrogens is 224 g/mol. The van der Waals surface area contributed by atoms with Gasteiger partial charge in [-0.05, 0) is 38.3 Å². The normalized spacial score (nSPS) is 22.0. The lowest BCUT2D eigenvalue weighted by molar-refractivity contribution is 0.0933. The van der Waals surface area contributed by atoms with Gasteiger partial charge in [0.1, 0.15) is 0 Å². The standard InChI is InChI=1S/C14H26N4/c1-4-17-11-16-10-13(17)12(9-15)18-7-5-14(2,3)6-8-18/h10-12H,4-9,15H2,1-3H3. The topological polar surface area (TPSA) is 47.1 Å². The molecule has 1 fully saturated rings. The molecule has 2 heterocycles. The van der Waals surface area contributed by atoms with Gasteiger partial charge in [0.15, 0.2) is 0 Å². The zero-order valence-corrected chi connectivity index (χ0v) is 11.9. The van der Waals surface area contributed by atoms with Gasteiger partial charge in [0.05, 0.1) is 18.1 Å². The molecule has 1 aliphatic rings. The average Bonchev–Trinajstić information content (AvgIpc) is 2.80. The summed E-state index contributed by atoms with van der Waals surface area (Å²) in [6.45, 7) is 10.8. The van der Waals surface area contributed by atoms with E-state index in [9.17, 15) is 0 Å². The van der Waals surface area contributed by atoms with Crippen molar-refractivity contribution >= 4 is 0 Å². The van der Waals surface area contributed by atoms with Crippen molar-refractivity contribution in [1.82, 2.24) is 14.5 Å². The molecule has 0 radical (unpaired) electrons. The summed E-state index contributed by atoms with van der Waals surface area (Å²) in [7, 11) is 0. The Balaban J connectivity index is 2.10. The van der Waals surface area contributed by atoms with Gasteiger partial charge in [0.25, 0.3) is 0 Å². The Labute approximate surface area is 110 Å².